The Balaban J connectivity index is 2.18. The number of hydrogen-bond acceptors (Lipinski definition) is 2. The van der Waals surface area contributed by atoms with E-state index in [9.17, 15) is 0 Å². The predicted molar refractivity (Wildman–Crippen MR) is 69.4 cm³/mol. The molecule has 3 heteroatoms. The molecule has 0 radical (unpaired) electrons. The first-order valence-electron chi connectivity index (χ1n) is 5.45. The second-order valence-electron chi connectivity index (χ2n) is 4.68. The van der Waals surface area contributed by atoms with Crippen LogP contribution >= 0.6 is 15.9 Å². The van der Waals surface area contributed by atoms with Gasteiger partial charge in [0.25, 0.3) is 0 Å². The van der Waals surface area contributed by atoms with Gasteiger partial charge in [-0.3, -0.25) is 0 Å². The zero-order valence-electron chi connectivity index (χ0n) is 9.63. The molecule has 2 rings (SSSR count). The third-order valence-electron chi connectivity index (χ3n) is 3.21. The topological polar surface area (TPSA) is 27.0 Å². The summed E-state index contributed by atoms with van der Waals surface area (Å²) < 4.78 is 1.08. The van der Waals surface area contributed by atoms with Crippen molar-refractivity contribution in [1.82, 2.24) is 0 Å². The fourth-order valence-electron chi connectivity index (χ4n) is 1.99. The first kappa shape index (κ1) is 11.5. The highest BCUT2D eigenvalue weighted by molar-refractivity contribution is 9.10. The average Bonchev–Trinajstić information content (AvgIpc) is 3.02. The Bertz CT molecular complexity index is 444. The van der Waals surface area contributed by atoms with Crippen molar-refractivity contribution in [1.29, 1.82) is 5.26 Å². The lowest BCUT2D eigenvalue weighted by Crippen LogP contribution is -2.26. The summed E-state index contributed by atoms with van der Waals surface area (Å²) in [6, 6.07) is 8.69. The summed E-state index contributed by atoms with van der Waals surface area (Å²) in [5.41, 5.74) is 2.37. The minimum atomic E-state index is -0.0799. The van der Waals surface area contributed by atoms with E-state index >= 15 is 0 Å². The summed E-state index contributed by atoms with van der Waals surface area (Å²) in [4.78, 5) is 2.19. The number of anilines is 1. The molecule has 1 saturated carbocycles. The van der Waals surface area contributed by atoms with Crippen LogP contribution in [0.2, 0.25) is 0 Å². The van der Waals surface area contributed by atoms with Gasteiger partial charge >= 0.3 is 0 Å². The van der Waals surface area contributed by atoms with Crippen molar-refractivity contribution in [3.8, 4) is 6.07 Å². The summed E-state index contributed by atoms with van der Waals surface area (Å²) in [6.07, 6.45) is 2.09. The lowest BCUT2D eigenvalue weighted by atomic mass is 10.1. The van der Waals surface area contributed by atoms with Crippen molar-refractivity contribution in [3.63, 3.8) is 0 Å². The number of hydrogen-bond donors (Lipinski definition) is 0. The fourth-order valence-corrected chi connectivity index (χ4v) is 2.34. The van der Waals surface area contributed by atoms with Crippen LogP contribution in [0.25, 0.3) is 0 Å². The lowest BCUT2D eigenvalue weighted by Gasteiger charge is -2.23. The van der Waals surface area contributed by atoms with E-state index in [1.807, 2.05) is 6.07 Å². The Labute approximate surface area is 105 Å². The van der Waals surface area contributed by atoms with E-state index in [1.165, 1.54) is 11.3 Å². The second-order valence-corrected chi connectivity index (χ2v) is 5.59. The highest BCUT2D eigenvalue weighted by atomic mass is 79.9. The molecule has 0 heterocycles. The van der Waals surface area contributed by atoms with Crippen LogP contribution in [0.4, 0.5) is 5.69 Å². The van der Waals surface area contributed by atoms with Gasteiger partial charge in [-0.2, -0.15) is 5.26 Å². The van der Waals surface area contributed by atoms with Gasteiger partial charge in [-0.1, -0.05) is 22.0 Å². The van der Waals surface area contributed by atoms with Gasteiger partial charge in [0.05, 0.1) is 11.5 Å². The highest BCUT2D eigenvalue weighted by Crippen LogP contribution is 2.46. The van der Waals surface area contributed by atoms with Crippen LogP contribution in [0.1, 0.15) is 18.4 Å². The van der Waals surface area contributed by atoms with Gasteiger partial charge in [0.1, 0.15) is 0 Å². The summed E-state index contributed by atoms with van der Waals surface area (Å²) in [5, 5.41) is 9.09. The zero-order valence-corrected chi connectivity index (χ0v) is 11.2. The first-order chi connectivity index (χ1) is 7.56. The van der Waals surface area contributed by atoms with E-state index < -0.39 is 0 Å². The Hall–Kier alpha value is -1.01. The minimum Gasteiger partial charge on any atom is -0.373 e. The van der Waals surface area contributed by atoms with Crippen LogP contribution in [0, 0.1) is 23.7 Å². The van der Waals surface area contributed by atoms with Gasteiger partial charge in [-0.15, -0.1) is 0 Å². The molecule has 0 unspecified atom stereocenters. The predicted octanol–water partition coefficient (Wildman–Crippen LogP) is 3.50. The normalized spacial score (nSPS) is 16.6. The molecule has 1 aromatic rings. The highest BCUT2D eigenvalue weighted by Gasteiger charge is 2.44. The Morgan fingerprint density at radius 1 is 1.50 bits per heavy atom. The smallest absolute Gasteiger partial charge is 0.0749 e. The molecule has 1 aromatic carbocycles. The van der Waals surface area contributed by atoms with E-state index in [0.29, 0.717) is 0 Å². The molecule has 0 bridgehead atoms. The lowest BCUT2D eigenvalue weighted by molar-refractivity contribution is 0.652. The van der Waals surface area contributed by atoms with Crippen LogP contribution in [0.15, 0.2) is 22.7 Å². The van der Waals surface area contributed by atoms with Gasteiger partial charge in [-0.05, 0) is 37.5 Å². The number of benzene rings is 1. The molecule has 2 nitrogen and oxygen atoms in total. The van der Waals surface area contributed by atoms with E-state index in [1.54, 1.807) is 0 Å². The molecule has 84 valence electrons. The third kappa shape index (κ3) is 2.22. The van der Waals surface area contributed by atoms with Crippen LogP contribution < -0.4 is 4.90 Å². The van der Waals surface area contributed by atoms with Gasteiger partial charge in [0.15, 0.2) is 0 Å². The molecule has 16 heavy (non-hydrogen) atoms. The number of rotatable bonds is 3. The van der Waals surface area contributed by atoms with Crippen LogP contribution in [-0.2, 0) is 0 Å². The van der Waals surface area contributed by atoms with Crippen molar-refractivity contribution in [2.75, 3.05) is 18.5 Å². The van der Waals surface area contributed by atoms with Gasteiger partial charge in [0.2, 0.25) is 0 Å². The maximum absolute atomic E-state index is 9.09. The second kappa shape index (κ2) is 4.10. The van der Waals surface area contributed by atoms with E-state index in [0.717, 1.165) is 23.9 Å². The monoisotopic (exact) mass is 278 g/mol. The summed E-state index contributed by atoms with van der Waals surface area (Å²) in [7, 11) is 2.06. The van der Waals surface area contributed by atoms with Crippen molar-refractivity contribution in [2.45, 2.75) is 19.8 Å². The summed E-state index contributed by atoms with van der Waals surface area (Å²) in [6.45, 7) is 2.94. The molecule has 0 atom stereocenters. The molecule has 0 aliphatic heterocycles. The number of halogens is 1. The van der Waals surface area contributed by atoms with Gasteiger partial charge < -0.3 is 4.90 Å². The Morgan fingerprint density at radius 2 is 2.19 bits per heavy atom. The molecule has 0 N–H and O–H groups in total. The molecule has 0 spiro atoms. The molecule has 0 aromatic heterocycles. The molecule has 0 amide bonds. The quantitative estimate of drug-likeness (QED) is 0.846. The molecule has 1 aliphatic rings. The van der Waals surface area contributed by atoms with Crippen LogP contribution in [0.5, 0.6) is 0 Å². The molecule has 0 saturated heterocycles. The van der Waals surface area contributed by atoms with Crippen LogP contribution in [-0.4, -0.2) is 13.6 Å². The zero-order chi connectivity index (χ0) is 11.8. The average molecular weight is 279 g/mol. The Kier molecular flexibility index (Phi) is 2.94. The molecular weight excluding hydrogens is 264 g/mol. The standard InChI is InChI=1S/C13H15BrN2/c1-10-3-4-11(14)7-12(10)16(2)9-13(8-15)5-6-13/h3-4,7H,5-6,9H2,1-2H3. The van der Waals surface area contributed by atoms with Gasteiger partial charge in [-0.25, -0.2) is 0 Å². The maximum atomic E-state index is 9.09. The maximum Gasteiger partial charge on any atom is 0.0749 e. The number of nitrogens with zero attached hydrogens (tertiary/aromatic N) is 2. The number of aryl methyl sites for hydroxylation is 1. The van der Waals surface area contributed by atoms with E-state index in [4.69, 9.17) is 5.26 Å². The van der Waals surface area contributed by atoms with Crippen molar-refractivity contribution < 1.29 is 0 Å². The number of nitriles is 1. The fraction of sp³-hybridized carbons (Fsp3) is 0.462. The molecule has 1 aliphatic carbocycles. The van der Waals surface area contributed by atoms with Crippen molar-refractivity contribution in [2.24, 2.45) is 5.41 Å². The van der Waals surface area contributed by atoms with E-state index in [-0.39, 0.29) is 5.41 Å². The third-order valence-corrected chi connectivity index (χ3v) is 3.71. The van der Waals surface area contributed by atoms with Crippen molar-refractivity contribution >= 4 is 21.6 Å². The largest absolute Gasteiger partial charge is 0.373 e. The molecular formula is C13H15BrN2. The van der Waals surface area contributed by atoms with Gasteiger partial charge in [0, 0.05) is 23.8 Å². The first-order valence-corrected chi connectivity index (χ1v) is 6.24. The van der Waals surface area contributed by atoms with E-state index in [2.05, 4.69) is 53.0 Å². The summed E-state index contributed by atoms with van der Waals surface area (Å²) in [5.74, 6) is 0. The minimum absolute atomic E-state index is 0.0799. The SMILES string of the molecule is Cc1ccc(Br)cc1N(C)CC1(C#N)CC1. The summed E-state index contributed by atoms with van der Waals surface area (Å²) >= 11 is 3.49. The molecule has 1 fully saturated rings. The van der Waals surface area contributed by atoms with Crippen molar-refractivity contribution in [3.05, 3.63) is 28.2 Å². The van der Waals surface area contributed by atoms with Crippen LogP contribution in [0.3, 0.4) is 0 Å². The Morgan fingerprint density at radius 3 is 2.75 bits per heavy atom.